The molecule has 0 spiro atoms. The predicted octanol–water partition coefficient (Wildman–Crippen LogP) is 1.73. The maximum atomic E-state index is 10.3. The third-order valence-electron chi connectivity index (χ3n) is 4.10. The van der Waals surface area contributed by atoms with Crippen LogP contribution >= 0.6 is 0 Å². The molecule has 2 heterocycles. The minimum Gasteiger partial charge on any atom is -0.391 e. The molecular weight excluding hydrogens is 198 g/mol. The summed E-state index contributed by atoms with van der Waals surface area (Å²) in [6.45, 7) is 0. The molecule has 4 atom stereocenters. The average molecular weight is 217 g/mol. The van der Waals surface area contributed by atoms with Crippen molar-refractivity contribution in [2.45, 2.75) is 43.9 Å². The minimum absolute atomic E-state index is 0.154. The Labute approximate surface area is 96.7 Å². The fraction of sp³-hybridized carbons (Fsp3) is 0.571. The second-order valence-corrected chi connectivity index (χ2v) is 5.22. The lowest BCUT2D eigenvalue weighted by Gasteiger charge is -2.34. The van der Waals surface area contributed by atoms with Crippen LogP contribution in [-0.4, -0.2) is 23.3 Å². The van der Waals surface area contributed by atoms with Crippen molar-refractivity contribution in [3.05, 3.63) is 35.9 Å². The van der Waals surface area contributed by atoms with Crippen LogP contribution in [0.3, 0.4) is 0 Å². The fourth-order valence-corrected chi connectivity index (χ4v) is 3.26. The molecule has 1 aromatic rings. The zero-order valence-electron chi connectivity index (χ0n) is 9.47. The number of hydrogen-bond acceptors (Lipinski definition) is 2. The topological polar surface area (TPSA) is 32.3 Å². The summed E-state index contributed by atoms with van der Waals surface area (Å²) in [5.74, 6) is 0.446. The zero-order chi connectivity index (χ0) is 11.0. The lowest BCUT2D eigenvalue weighted by molar-refractivity contribution is 0.0470. The van der Waals surface area contributed by atoms with E-state index in [-0.39, 0.29) is 6.10 Å². The second-order valence-electron chi connectivity index (χ2n) is 5.22. The SMILES string of the molecule is O[C@H]1[C@@H](Cc2ccccc2)C[C@@H]2CC[C@H]1N2. The summed E-state index contributed by atoms with van der Waals surface area (Å²) in [5.41, 5.74) is 1.35. The summed E-state index contributed by atoms with van der Waals surface area (Å²) in [4.78, 5) is 0. The number of benzene rings is 1. The first-order chi connectivity index (χ1) is 7.83. The van der Waals surface area contributed by atoms with Gasteiger partial charge >= 0.3 is 0 Å². The van der Waals surface area contributed by atoms with Crippen molar-refractivity contribution < 1.29 is 5.11 Å². The summed E-state index contributed by atoms with van der Waals surface area (Å²) in [6, 6.07) is 11.5. The van der Waals surface area contributed by atoms with Crippen LogP contribution in [0.2, 0.25) is 0 Å². The van der Waals surface area contributed by atoms with E-state index >= 15 is 0 Å². The van der Waals surface area contributed by atoms with E-state index in [9.17, 15) is 5.11 Å². The molecule has 2 aliphatic heterocycles. The lowest BCUT2D eigenvalue weighted by Crippen LogP contribution is -2.49. The van der Waals surface area contributed by atoms with Gasteiger partial charge in [0.2, 0.25) is 0 Å². The van der Waals surface area contributed by atoms with Crippen molar-refractivity contribution >= 4 is 0 Å². The highest BCUT2D eigenvalue weighted by molar-refractivity contribution is 5.16. The number of aliphatic hydroxyl groups is 1. The monoisotopic (exact) mass is 217 g/mol. The Bertz CT molecular complexity index is 351. The molecule has 1 aromatic carbocycles. The van der Waals surface area contributed by atoms with Crippen LogP contribution in [0.4, 0.5) is 0 Å². The Hall–Kier alpha value is -0.860. The summed E-state index contributed by atoms with van der Waals surface area (Å²) in [6.07, 6.45) is 4.40. The molecule has 2 N–H and O–H groups in total. The summed E-state index contributed by atoms with van der Waals surface area (Å²) >= 11 is 0. The zero-order valence-corrected chi connectivity index (χ0v) is 9.47. The van der Waals surface area contributed by atoms with Gasteiger partial charge < -0.3 is 10.4 Å². The van der Waals surface area contributed by atoms with Gasteiger partial charge in [0.1, 0.15) is 0 Å². The predicted molar refractivity (Wildman–Crippen MR) is 64.2 cm³/mol. The highest BCUT2D eigenvalue weighted by Crippen LogP contribution is 2.33. The van der Waals surface area contributed by atoms with E-state index in [4.69, 9.17) is 0 Å². The van der Waals surface area contributed by atoms with Gasteiger partial charge in [-0.1, -0.05) is 30.3 Å². The van der Waals surface area contributed by atoms with Crippen molar-refractivity contribution in [1.29, 1.82) is 0 Å². The normalized spacial score (nSPS) is 37.6. The van der Waals surface area contributed by atoms with E-state index in [1.165, 1.54) is 12.0 Å². The first kappa shape index (κ1) is 10.3. The maximum absolute atomic E-state index is 10.3. The van der Waals surface area contributed by atoms with Crippen LogP contribution in [0.5, 0.6) is 0 Å². The van der Waals surface area contributed by atoms with E-state index < -0.39 is 0 Å². The van der Waals surface area contributed by atoms with Crippen LogP contribution in [0, 0.1) is 5.92 Å². The highest BCUT2D eigenvalue weighted by atomic mass is 16.3. The number of hydrogen-bond donors (Lipinski definition) is 2. The number of nitrogens with one attached hydrogen (secondary N) is 1. The first-order valence-electron chi connectivity index (χ1n) is 6.31. The van der Waals surface area contributed by atoms with E-state index in [1.54, 1.807) is 0 Å². The van der Waals surface area contributed by atoms with Crippen LogP contribution in [0.15, 0.2) is 30.3 Å². The van der Waals surface area contributed by atoms with E-state index in [1.807, 2.05) is 6.07 Å². The van der Waals surface area contributed by atoms with Crippen molar-refractivity contribution in [1.82, 2.24) is 5.32 Å². The molecule has 2 heteroatoms. The Kier molecular flexibility index (Phi) is 2.70. The first-order valence-corrected chi connectivity index (χ1v) is 6.31. The Morgan fingerprint density at radius 3 is 2.81 bits per heavy atom. The lowest BCUT2D eigenvalue weighted by atomic mass is 9.84. The van der Waals surface area contributed by atoms with Gasteiger partial charge in [0.15, 0.2) is 0 Å². The van der Waals surface area contributed by atoms with Crippen molar-refractivity contribution in [2.24, 2.45) is 5.92 Å². The van der Waals surface area contributed by atoms with Crippen molar-refractivity contribution in [3.8, 4) is 0 Å². The third kappa shape index (κ3) is 1.87. The molecule has 0 aliphatic carbocycles. The number of aliphatic hydroxyl groups excluding tert-OH is 1. The molecule has 86 valence electrons. The molecule has 0 unspecified atom stereocenters. The standard InChI is InChI=1S/C14H19NO/c16-14-11(8-10-4-2-1-3-5-10)9-12-6-7-13(14)15-12/h1-5,11-16H,6-9H2/t11-,12-,13+,14-/m0/s1. The third-order valence-corrected chi connectivity index (χ3v) is 4.10. The van der Waals surface area contributed by atoms with E-state index in [0.29, 0.717) is 18.0 Å². The summed E-state index contributed by atoms with van der Waals surface area (Å²) in [7, 11) is 0. The molecule has 16 heavy (non-hydrogen) atoms. The van der Waals surface area contributed by atoms with Gasteiger partial charge in [-0.3, -0.25) is 0 Å². The van der Waals surface area contributed by atoms with Gasteiger partial charge in [0.25, 0.3) is 0 Å². The molecule has 0 radical (unpaired) electrons. The average Bonchev–Trinajstić information content (AvgIpc) is 2.72. The second kappa shape index (κ2) is 4.19. The molecule has 0 aromatic heterocycles. The molecular formula is C14H19NO. The molecule has 0 saturated carbocycles. The molecule has 2 fully saturated rings. The van der Waals surface area contributed by atoms with Gasteiger partial charge in [-0.25, -0.2) is 0 Å². The molecule has 3 rings (SSSR count). The van der Waals surface area contributed by atoms with Crippen molar-refractivity contribution in [3.63, 3.8) is 0 Å². The van der Waals surface area contributed by atoms with Gasteiger partial charge in [-0.15, -0.1) is 0 Å². The highest BCUT2D eigenvalue weighted by Gasteiger charge is 2.40. The van der Waals surface area contributed by atoms with Crippen LogP contribution in [-0.2, 0) is 6.42 Å². The summed E-state index contributed by atoms with van der Waals surface area (Å²) < 4.78 is 0. The Morgan fingerprint density at radius 2 is 2.00 bits per heavy atom. The molecule has 2 bridgehead atoms. The molecule has 2 saturated heterocycles. The van der Waals surface area contributed by atoms with Crippen LogP contribution < -0.4 is 5.32 Å². The molecule has 2 aliphatic rings. The largest absolute Gasteiger partial charge is 0.391 e. The Balaban J connectivity index is 1.71. The van der Waals surface area contributed by atoms with Gasteiger partial charge in [-0.2, -0.15) is 0 Å². The minimum atomic E-state index is -0.154. The van der Waals surface area contributed by atoms with Gasteiger partial charge in [-0.05, 0) is 37.2 Å². The number of fused-ring (bicyclic) bond motifs is 2. The van der Waals surface area contributed by atoms with E-state index in [0.717, 1.165) is 19.3 Å². The van der Waals surface area contributed by atoms with Crippen LogP contribution in [0.25, 0.3) is 0 Å². The van der Waals surface area contributed by atoms with E-state index in [2.05, 4.69) is 29.6 Å². The molecule has 0 amide bonds. The number of rotatable bonds is 2. The number of piperidine rings is 1. The van der Waals surface area contributed by atoms with Gasteiger partial charge in [0, 0.05) is 12.1 Å². The maximum Gasteiger partial charge on any atom is 0.0725 e. The fourth-order valence-electron chi connectivity index (χ4n) is 3.26. The Morgan fingerprint density at radius 1 is 1.19 bits per heavy atom. The quantitative estimate of drug-likeness (QED) is 0.790. The van der Waals surface area contributed by atoms with Gasteiger partial charge in [0.05, 0.1) is 6.10 Å². The van der Waals surface area contributed by atoms with Crippen LogP contribution in [0.1, 0.15) is 24.8 Å². The van der Waals surface area contributed by atoms with Crippen molar-refractivity contribution in [2.75, 3.05) is 0 Å². The molecule has 2 nitrogen and oxygen atoms in total. The smallest absolute Gasteiger partial charge is 0.0725 e. The summed E-state index contributed by atoms with van der Waals surface area (Å²) in [5, 5.41) is 13.8.